The van der Waals surface area contributed by atoms with Crippen molar-refractivity contribution in [2.45, 2.75) is 58.9 Å². The van der Waals surface area contributed by atoms with Crippen LogP contribution in [0.3, 0.4) is 0 Å². The summed E-state index contributed by atoms with van der Waals surface area (Å²) < 4.78 is 46.7. The van der Waals surface area contributed by atoms with E-state index in [1.807, 2.05) is 13.8 Å². The first kappa shape index (κ1) is 24.3. The van der Waals surface area contributed by atoms with Gasteiger partial charge in [-0.05, 0) is 43.4 Å². The lowest BCUT2D eigenvalue weighted by Gasteiger charge is -2.17. The van der Waals surface area contributed by atoms with Gasteiger partial charge in [0.15, 0.2) is 11.6 Å². The van der Waals surface area contributed by atoms with Gasteiger partial charge in [-0.2, -0.15) is 0 Å². The molecular weight excluding hydrogens is 411 g/mol. The molecule has 2 N–H and O–H groups in total. The summed E-state index contributed by atoms with van der Waals surface area (Å²) in [6, 6.07) is 3.82. The topological polar surface area (TPSA) is 102 Å². The third kappa shape index (κ3) is 7.68. The van der Waals surface area contributed by atoms with Crippen molar-refractivity contribution >= 4 is 21.8 Å². The van der Waals surface area contributed by atoms with E-state index in [1.54, 1.807) is 13.0 Å². The van der Waals surface area contributed by atoms with E-state index in [9.17, 15) is 22.4 Å². The van der Waals surface area contributed by atoms with Crippen LogP contribution in [0.5, 0.6) is 5.75 Å². The molecule has 168 valence electrons. The number of benzene rings is 1. The molecule has 2 rings (SSSR count). The zero-order valence-electron chi connectivity index (χ0n) is 17.7. The first-order chi connectivity index (χ1) is 14.1. The summed E-state index contributed by atoms with van der Waals surface area (Å²) in [5.74, 6) is -0.937. The zero-order chi connectivity index (χ0) is 22.3. The molecule has 0 aromatic heterocycles. The highest BCUT2D eigenvalue weighted by molar-refractivity contribution is 7.89. The van der Waals surface area contributed by atoms with Crippen molar-refractivity contribution in [1.82, 2.24) is 10.0 Å². The number of sulfonamides is 1. The Balaban J connectivity index is 1.79. The molecule has 1 aromatic carbocycles. The summed E-state index contributed by atoms with van der Waals surface area (Å²) in [4.78, 5) is 22.7. The summed E-state index contributed by atoms with van der Waals surface area (Å²) >= 11 is 0. The molecule has 1 heterocycles. The lowest BCUT2D eigenvalue weighted by molar-refractivity contribution is -0.125. The van der Waals surface area contributed by atoms with Gasteiger partial charge in [-0.3, -0.25) is 14.9 Å². The second-order valence-corrected chi connectivity index (χ2v) is 10.1. The normalized spacial score (nSPS) is 18.0. The Morgan fingerprint density at radius 2 is 1.93 bits per heavy atom. The van der Waals surface area contributed by atoms with Crippen LogP contribution in [0.25, 0.3) is 0 Å². The lowest BCUT2D eigenvalue weighted by atomic mass is 10.00. The number of halogens is 1. The molecule has 0 bridgehead atoms. The average molecular weight is 443 g/mol. The van der Waals surface area contributed by atoms with E-state index < -0.39 is 21.9 Å². The van der Waals surface area contributed by atoms with Crippen molar-refractivity contribution in [1.29, 1.82) is 0 Å². The van der Waals surface area contributed by atoms with Crippen molar-refractivity contribution in [2.75, 3.05) is 12.4 Å². The molecule has 1 aliphatic rings. The maximum atomic E-state index is 13.9. The monoisotopic (exact) mass is 442 g/mol. The van der Waals surface area contributed by atoms with Crippen LogP contribution in [0.1, 0.15) is 64.5 Å². The van der Waals surface area contributed by atoms with Gasteiger partial charge in [0.05, 0.1) is 12.4 Å². The molecule has 1 aromatic rings. The molecule has 2 amide bonds. The highest BCUT2D eigenvalue weighted by Crippen LogP contribution is 2.24. The molecule has 1 saturated heterocycles. The third-order valence-corrected chi connectivity index (χ3v) is 6.45. The number of unbranched alkanes of at least 4 members (excludes halogenated alkanes) is 2. The molecule has 1 fully saturated rings. The van der Waals surface area contributed by atoms with Gasteiger partial charge in [-0.1, -0.05) is 32.8 Å². The Bertz CT molecular complexity index is 857. The minimum atomic E-state index is -3.51. The first-order valence-corrected chi connectivity index (χ1v) is 12.0. The Morgan fingerprint density at radius 3 is 2.57 bits per heavy atom. The van der Waals surface area contributed by atoms with Crippen molar-refractivity contribution < 1.29 is 27.1 Å². The van der Waals surface area contributed by atoms with E-state index >= 15 is 0 Å². The van der Waals surface area contributed by atoms with Crippen LogP contribution in [0, 0.1) is 17.7 Å². The van der Waals surface area contributed by atoms with Crippen LogP contribution < -0.4 is 14.8 Å². The quantitative estimate of drug-likeness (QED) is 0.383. The highest BCUT2D eigenvalue weighted by Gasteiger charge is 2.29. The number of nitrogens with one attached hydrogen (secondary N) is 2. The number of hydrogen-bond donors (Lipinski definition) is 2. The van der Waals surface area contributed by atoms with Crippen LogP contribution in [0.15, 0.2) is 18.2 Å². The van der Waals surface area contributed by atoms with E-state index in [1.165, 1.54) is 12.1 Å². The Labute approximate surface area is 177 Å². The minimum absolute atomic E-state index is 0.0367. The number of carbonyl (C=O) groups excluding carboxylic acids is 2. The predicted molar refractivity (Wildman–Crippen MR) is 112 cm³/mol. The fraction of sp³-hybridized carbons (Fsp3) is 0.619. The molecule has 1 unspecified atom stereocenters. The van der Waals surface area contributed by atoms with Crippen LogP contribution >= 0.6 is 0 Å². The summed E-state index contributed by atoms with van der Waals surface area (Å²) in [6.07, 6.45) is 2.59. The highest BCUT2D eigenvalue weighted by atomic mass is 32.2. The van der Waals surface area contributed by atoms with Crippen LogP contribution in [0.4, 0.5) is 4.39 Å². The van der Waals surface area contributed by atoms with Gasteiger partial charge < -0.3 is 4.74 Å². The summed E-state index contributed by atoms with van der Waals surface area (Å²) in [7, 11) is -3.51. The van der Waals surface area contributed by atoms with Gasteiger partial charge >= 0.3 is 0 Å². The zero-order valence-corrected chi connectivity index (χ0v) is 18.6. The maximum absolute atomic E-state index is 13.9. The van der Waals surface area contributed by atoms with Gasteiger partial charge in [0, 0.05) is 18.4 Å². The van der Waals surface area contributed by atoms with Crippen LogP contribution in [-0.2, 0) is 19.6 Å². The first-order valence-electron chi connectivity index (χ1n) is 10.3. The smallest absolute Gasteiger partial charge is 0.230 e. The largest absolute Gasteiger partial charge is 0.490 e. The molecule has 1 aliphatic heterocycles. The number of imide groups is 1. The molecule has 0 radical (unpaired) electrons. The van der Waals surface area contributed by atoms with Gasteiger partial charge in [0.2, 0.25) is 21.8 Å². The van der Waals surface area contributed by atoms with E-state index in [-0.39, 0.29) is 41.6 Å². The van der Waals surface area contributed by atoms with Gasteiger partial charge in [-0.15, -0.1) is 0 Å². The summed E-state index contributed by atoms with van der Waals surface area (Å²) in [6.45, 7) is 5.99. The maximum Gasteiger partial charge on any atom is 0.230 e. The summed E-state index contributed by atoms with van der Waals surface area (Å²) in [5, 5.41) is 2.27. The van der Waals surface area contributed by atoms with Crippen molar-refractivity contribution in [3.63, 3.8) is 0 Å². The Kier molecular flexibility index (Phi) is 8.78. The fourth-order valence-electron chi connectivity index (χ4n) is 3.25. The molecule has 0 aliphatic carbocycles. The van der Waals surface area contributed by atoms with E-state index in [4.69, 9.17) is 4.74 Å². The van der Waals surface area contributed by atoms with Crippen LogP contribution in [0.2, 0.25) is 0 Å². The average Bonchev–Trinajstić information content (AvgIpc) is 2.97. The van der Waals surface area contributed by atoms with Crippen molar-refractivity contribution in [3.8, 4) is 5.75 Å². The third-order valence-electron chi connectivity index (χ3n) is 4.91. The van der Waals surface area contributed by atoms with E-state index in [2.05, 4.69) is 10.0 Å². The van der Waals surface area contributed by atoms with Crippen molar-refractivity contribution in [3.05, 3.63) is 29.6 Å². The van der Waals surface area contributed by atoms with Gasteiger partial charge in [0.25, 0.3) is 0 Å². The number of hydrogen-bond acceptors (Lipinski definition) is 5. The number of ether oxygens (including phenoxy) is 1. The molecular formula is C21H31FN2O5S. The van der Waals surface area contributed by atoms with E-state index in [0.29, 0.717) is 37.9 Å². The SMILES string of the molecule is CC(C)COc1cc([C@@H](C)NS(=O)(=O)CCCCCC2CC(=O)NC2=O)ccc1F. The van der Waals surface area contributed by atoms with Gasteiger partial charge in [-0.25, -0.2) is 17.5 Å². The second-order valence-electron chi connectivity index (χ2n) is 8.22. The van der Waals surface area contributed by atoms with Crippen LogP contribution in [-0.4, -0.2) is 32.6 Å². The fourth-order valence-corrected chi connectivity index (χ4v) is 4.63. The van der Waals surface area contributed by atoms with Gasteiger partial charge in [0.1, 0.15) is 0 Å². The standard InChI is InChI=1S/C21H31FN2O5S/c1-14(2)13-29-19-11-16(8-9-18(19)22)15(3)24-30(27,28)10-6-4-5-7-17-12-20(25)23-21(17)26/h8-9,11,14-15,17,24H,4-7,10,12-13H2,1-3H3,(H,23,25,26)/t15-,17?/m1/s1. The van der Waals surface area contributed by atoms with E-state index in [0.717, 1.165) is 0 Å². The Morgan fingerprint density at radius 1 is 1.20 bits per heavy atom. The second kappa shape index (κ2) is 10.9. The molecule has 0 saturated carbocycles. The minimum Gasteiger partial charge on any atom is -0.490 e. The Hall–Kier alpha value is -2.00. The number of amides is 2. The predicted octanol–water partition coefficient (Wildman–Crippen LogP) is 3.06. The summed E-state index contributed by atoms with van der Waals surface area (Å²) in [5.41, 5.74) is 0.621. The molecule has 2 atom stereocenters. The number of carbonyl (C=O) groups is 2. The molecule has 0 spiro atoms. The molecule has 9 heteroatoms. The van der Waals surface area contributed by atoms with Crippen molar-refractivity contribution in [2.24, 2.45) is 11.8 Å². The molecule has 7 nitrogen and oxygen atoms in total. The lowest BCUT2D eigenvalue weighted by Crippen LogP contribution is -2.29. The number of rotatable bonds is 12. The molecule has 30 heavy (non-hydrogen) atoms.